The van der Waals surface area contributed by atoms with Crippen LogP contribution in [0.15, 0.2) is 5.16 Å². The molecule has 0 saturated heterocycles. The maximum atomic E-state index is 5.51. The van der Waals surface area contributed by atoms with Crippen molar-refractivity contribution in [3.8, 4) is 0 Å². The minimum atomic E-state index is 0.287. The molecule has 3 N–H and O–H groups in total. The molecule has 1 aromatic rings. The maximum absolute atomic E-state index is 5.51. The molecule has 0 aliphatic heterocycles. The molecule has 102 valence electrons. The topological polar surface area (TPSA) is 86.0 Å². The largest absolute Gasteiger partial charge is 0.385 e. The standard InChI is InChI=1S/C11H21N5OS/c1-8(2)13-10-14-9(5-4-6-17-3)15-11(16-10)18-7-12/h8H,4-7,12H2,1-3H3,(H,13,14,15,16). The number of aryl methyl sites for hydroxylation is 1. The zero-order valence-corrected chi connectivity index (χ0v) is 12.0. The molecule has 0 unspecified atom stereocenters. The van der Waals surface area contributed by atoms with Gasteiger partial charge in [0, 0.05) is 32.1 Å². The number of hydrogen-bond acceptors (Lipinski definition) is 7. The summed E-state index contributed by atoms with van der Waals surface area (Å²) in [6.45, 7) is 4.80. The van der Waals surface area contributed by atoms with E-state index in [1.165, 1.54) is 11.8 Å². The second-order valence-corrected chi connectivity index (χ2v) is 5.05. The SMILES string of the molecule is COCCCc1nc(NC(C)C)nc(SCN)n1. The van der Waals surface area contributed by atoms with Crippen LogP contribution in [-0.4, -0.2) is 40.6 Å². The zero-order valence-electron chi connectivity index (χ0n) is 11.1. The van der Waals surface area contributed by atoms with Gasteiger partial charge in [-0.25, -0.2) is 4.98 Å². The summed E-state index contributed by atoms with van der Waals surface area (Å²) >= 11 is 1.41. The predicted molar refractivity (Wildman–Crippen MR) is 73.7 cm³/mol. The van der Waals surface area contributed by atoms with E-state index < -0.39 is 0 Å². The number of hydrogen-bond donors (Lipinski definition) is 2. The van der Waals surface area contributed by atoms with E-state index >= 15 is 0 Å². The first-order valence-corrected chi connectivity index (χ1v) is 6.97. The lowest BCUT2D eigenvalue weighted by molar-refractivity contribution is 0.194. The Morgan fingerprint density at radius 3 is 2.72 bits per heavy atom. The van der Waals surface area contributed by atoms with Gasteiger partial charge >= 0.3 is 0 Å². The quantitative estimate of drug-likeness (QED) is 0.418. The molecule has 1 rings (SSSR count). The minimum Gasteiger partial charge on any atom is -0.385 e. The fourth-order valence-electron chi connectivity index (χ4n) is 1.35. The van der Waals surface area contributed by atoms with Gasteiger partial charge in [-0.2, -0.15) is 9.97 Å². The number of ether oxygens (including phenoxy) is 1. The van der Waals surface area contributed by atoms with Gasteiger partial charge < -0.3 is 15.8 Å². The van der Waals surface area contributed by atoms with Gasteiger partial charge in [0.05, 0.1) is 0 Å². The first-order valence-electron chi connectivity index (χ1n) is 5.99. The molecule has 6 nitrogen and oxygen atoms in total. The van der Waals surface area contributed by atoms with Crippen molar-refractivity contribution in [2.24, 2.45) is 5.73 Å². The maximum Gasteiger partial charge on any atom is 0.227 e. The van der Waals surface area contributed by atoms with Crippen LogP contribution >= 0.6 is 11.8 Å². The van der Waals surface area contributed by atoms with Crippen LogP contribution in [0.25, 0.3) is 0 Å². The number of aromatic nitrogens is 3. The van der Waals surface area contributed by atoms with E-state index in [9.17, 15) is 0 Å². The van der Waals surface area contributed by atoms with Gasteiger partial charge in [-0.3, -0.25) is 0 Å². The number of methoxy groups -OCH3 is 1. The summed E-state index contributed by atoms with van der Waals surface area (Å²) in [5.41, 5.74) is 5.51. The van der Waals surface area contributed by atoms with E-state index in [-0.39, 0.29) is 6.04 Å². The lowest BCUT2D eigenvalue weighted by atomic mass is 10.3. The smallest absolute Gasteiger partial charge is 0.227 e. The zero-order chi connectivity index (χ0) is 13.4. The third-order valence-corrected chi connectivity index (χ3v) is 2.65. The minimum absolute atomic E-state index is 0.287. The van der Waals surface area contributed by atoms with Crippen molar-refractivity contribution in [3.05, 3.63) is 5.82 Å². The second-order valence-electron chi connectivity index (χ2n) is 4.06. The van der Waals surface area contributed by atoms with Gasteiger partial charge in [0.1, 0.15) is 5.82 Å². The van der Waals surface area contributed by atoms with Crippen LogP contribution in [0.2, 0.25) is 0 Å². The van der Waals surface area contributed by atoms with Crippen molar-refractivity contribution in [2.75, 3.05) is 24.9 Å². The molecule has 7 heteroatoms. The van der Waals surface area contributed by atoms with Crippen LogP contribution in [0.1, 0.15) is 26.1 Å². The third-order valence-electron chi connectivity index (χ3n) is 2.04. The number of anilines is 1. The molecule has 0 saturated carbocycles. The van der Waals surface area contributed by atoms with Gasteiger partial charge in [-0.1, -0.05) is 11.8 Å². The average molecular weight is 271 g/mol. The van der Waals surface area contributed by atoms with Crippen molar-refractivity contribution >= 4 is 17.7 Å². The summed E-state index contributed by atoms with van der Waals surface area (Å²) in [4.78, 5) is 13.1. The van der Waals surface area contributed by atoms with E-state index in [1.54, 1.807) is 7.11 Å². The van der Waals surface area contributed by atoms with E-state index in [1.807, 2.05) is 13.8 Å². The van der Waals surface area contributed by atoms with Crippen LogP contribution in [0, 0.1) is 0 Å². The van der Waals surface area contributed by atoms with E-state index in [0.29, 0.717) is 23.6 Å². The summed E-state index contributed by atoms with van der Waals surface area (Å²) in [5.74, 6) is 1.85. The Morgan fingerprint density at radius 1 is 1.33 bits per heavy atom. The van der Waals surface area contributed by atoms with Crippen LogP contribution < -0.4 is 11.1 Å². The molecule has 0 aliphatic carbocycles. The van der Waals surface area contributed by atoms with Crippen molar-refractivity contribution in [3.63, 3.8) is 0 Å². The Hall–Kier alpha value is -0.920. The molecule has 1 aromatic heterocycles. The Balaban J connectivity index is 2.77. The van der Waals surface area contributed by atoms with Gasteiger partial charge in [-0.05, 0) is 20.3 Å². The molecular formula is C11H21N5OS. The van der Waals surface area contributed by atoms with Gasteiger partial charge in [0.25, 0.3) is 0 Å². The Morgan fingerprint density at radius 2 is 2.11 bits per heavy atom. The summed E-state index contributed by atoms with van der Waals surface area (Å²) in [6.07, 6.45) is 1.68. The lowest BCUT2D eigenvalue weighted by Gasteiger charge is -2.10. The molecule has 0 aromatic carbocycles. The van der Waals surface area contributed by atoms with Crippen molar-refractivity contribution < 1.29 is 4.74 Å². The first-order chi connectivity index (χ1) is 8.65. The molecule has 18 heavy (non-hydrogen) atoms. The summed E-state index contributed by atoms with van der Waals surface area (Å²) < 4.78 is 5.02. The number of thioether (sulfide) groups is 1. The van der Waals surface area contributed by atoms with E-state index in [2.05, 4.69) is 20.3 Å². The number of nitrogens with one attached hydrogen (secondary N) is 1. The monoisotopic (exact) mass is 271 g/mol. The Kier molecular flexibility index (Phi) is 6.92. The van der Waals surface area contributed by atoms with Crippen LogP contribution in [0.5, 0.6) is 0 Å². The highest BCUT2D eigenvalue weighted by Crippen LogP contribution is 2.14. The van der Waals surface area contributed by atoms with Crippen LogP contribution in [-0.2, 0) is 11.2 Å². The summed E-state index contributed by atoms with van der Waals surface area (Å²) in [6, 6.07) is 0.287. The molecule has 0 fully saturated rings. The van der Waals surface area contributed by atoms with Crippen molar-refractivity contribution in [1.82, 2.24) is 15.0 Å². The second kappa shape index (κ2) is 8.23. The van der Waals surface area contributed by atoms with Gasteiger partial charge in [0.15, 0.2) is 5.16 Å². The molecule has 0 atom stereocenters. The highest BCUT2D eigenvalue weighted by molar-refractivity contribution is 7.99. The molecule has 0 bridgehead atoms. The highest BCUT2D eigenvalue weighted by Gasteiger charge is 2.07. The van der Waals surface area contributed by atoms with Crippen LogP contribution in [0.3, 0.4) is 0 Å². The molecule has 0 radical (unpaired) electrons. The highest BCUT2D eigenvalue weighted by atomic mass is 32.2. The Labute approximate surface area is 112 Å². The molecule has 0 spiro atoms. The summed E-state index contributed by atoms with van der Waals surface area (Å²) in [5, 5.41) is 3.86. The fourth-order valence-corrected chi connectivity index (χ4v) is 1.82. The van der Waals surface area contributed by atoms with Crippen molar-refractivity contribution in [1.29, 1.82) is 0 Å². The van der Waals surface area contributed by atoms with Gasteiger partial charge in [0.2, 0.25) is 5.95 Å². The lowest BCUT2D eigenvalue weighted by Crippen LogP contribution is -2.15. The number of rotatable bonds is 8. The van der Waals surface area contributed by atoms with Crippen molar-refractivity contribution in [2.45, 2.75) is 37.9 Å². The molecule has 0 amide bonds. The van der Waals surface area contributed by atoms with E-state index in [0.717, 1.165) is 18.7 Å². The first kappa shape index (κ1) is 15.1. The number of nitrogens with zero attached hydrogens (tertiary/aromatic N) is 3. The van der Waals surface area contributed by atoms with E-state index in [4.69, 9.17) is 10.5 Å². The molecule has 0 aliphatic rings. The molecule has 1 heterocycles. The average Bonchev–Trinajstić information content (AvgIpc) is 2.28. The predicted octanol–water partition coefficient (Wildman–Crippen LogP) is 1.28. The van der Waals surface area contributed by atoms with Crippen LogP contribution in [0.4, 0.5) is 5.95 Å². The van der Waals surface area contributed by atoms with Gasteiger partial charge in [-0.15, -0.1) is 0 Å². The third kappa shape index (κ3) is 5.61. The molecular weight excluding hydrogens is 250 g/mol. The summed E-state index contributed by atoms with van der Waals surface area (Å²) in [7, 11) is 1.69. The fraction of sp³-hybridized carbons (Fsp3) is 0.727. The normalized spacial score (nSPS) is 10.9. The number of nitrogens with two attached hydrogens (primary N) is 1. The Bertz CT molecular complexity index is 361.